The van der Waals surface area contributed by atoms with E-state index in [1.807, 2.05) is 0 Å². The first-order valence-electron chi connectivity index (χ1n) is 8.56. The molecule has 0 amide bonds. The fraction of sp³-hybridized carbons (Fsp3) is 1.00. The zero-order valence-electron chi connectivity index (χ0n) is 12.9. The highest BCUT2D eigenvalue weighted by atomic mass is 16.7. The van der Waals surface area contributed by atoms with Crippen LogP contribution in [-0.4, -0.2) is 19.5 Å². The third-order valence-electron chi connectivity index (χ3n) is 5.06. The van der Waals surface area contributed by atoms with Crippen LogP contribution >= 0.6 is 0 Å². The molecule has 1 saturated heterocycles. The average molecular weight is 268 g/mol. The lowest BCUT2D eigenvalue weighted by Crippen LogP contribution is -2.38. The van der Waals surface area contributed by atoms with Gasteiger partial charge in [-0.15, -0.1) is 0 Å². The number of hydrogen-bond acceptors (Lipinski definition) is 2. The minimum Gasteiger partial charge on any atom is -0.352 e. The van der Waals surface area contributed by atoms with E-state index in [4.69, 9.17) is 9.47 Å². The summed E-state index contributed by atoms with van der Waals surface area (Å²) in [6.45, 7) is 6.34. The van der Waals surface area contributed by atoms with Gasteiger partial charge in [-0.2, -0.15) is 0 Å². The second kappa shape index (κ2) is 8.26. The molecule has 2 nitrogen and oxygen atoms in total. The van der Waals surface area contributed by atoms with Crippen molar-refractivity contribution < 1.29 is 9.47 Å². The van der Waals surface area contributed by atoms with Crippen molar-refractivity contribution >= 4 is 0 Å². The minimum absolute atomic E-state index is 0.111. The second-order valence-electron chi connectivity index (χ2n) is 6.59. The summed E-state index contributed by atoms with van der Waals surface area (Å²) in [5.41, 5.74) is 0. The SMILES string of the molecule is CCCCCC1CCC(C2OCC(CC)CO2)CC1. The Hall–Kier alpha value is -0.0800. The molecule has 2 aliphatic rings. The van der Waals surface area contributed by atoms with Crippen molar-refractivity contribution in [2.75, 3.05) is 13.2 Å². The van der Waals surface area contributed by atoms with Crippen molar-refractivity contribution in [2.45, 2.75) is 77.9 Å². The van der Waals surface area contributed by atoms with E-state index in [2.05, 4.69) is 13.8 Å². The zero-order valence-corrected chi connectivity index (χ0v) is 12.9. The van der Waals surface area contributed by atoms with Gasteiger partial charge >= 0.3 is 0 Å². The summed E-state index contributed by atoms with van der Waals surface area (Å²) in [5, 5.41) is 0. The predicted molar refractivity (Wildman–Crippen MR) is 79.1 cm³/mol. The highest BCUT2D eigenvalue weighted by molar-refractivity contribution is 4.76. The van der Waals surface area contributed by atoms with Crippen molar-refractivity contribution in [2.24, 2.45) is 17.8 Å². The van der Waals surface area contributed by atoms with E-state index < -0.39 is 0 Å². The van der Waals surface area contributed by atoms with Crippen LogP contribution in [-0.2, 0) is 9.47 Å². The molecule has 2 rings (SSSR count). The van der Waals surface area contributed by atoms with E-state index in [9.17, 15) is 0 Å². The average Bonchev–Trinajstić information content (AvgIpc) is 2.48. The van der Waals surface area contributed by atoms with Gasteiger partial charge in [0.05, 0.1) is 13.2 Å². The number of rotatable bonds is 6. The molecule has 1 aliphatic heterocycles. The highest BCUT2D eigenvalue weighted by Gasteiger charge is 2.31. The Morgan fingerprint density at radius 1 is 0.842 bits per heavy atom. The molecule has 1 aliphatic carbocycles. The van der Waals surface area contributed by atoms with Gasteiger partial charge in [0, 0.05) is 11.8 Å². The Labute approximate surface area is 119 Å². The summed E-state index contributed by atoms with van der Waals surface area (Å²) >= 11 is 0. The van der Waals surface area contributed by atoms with Crippen LogP contribution in [0.4, 0.5) is 0 Å². The Kier molecular flexibility index (Phi) is 6.66. The molecule has 2 heteroatoms. The topological polar surface area (TPSA) is 18.5 Å². The summed E-state index contributed by atoms with van der Waals surface area (Å²) in [5.74, 6) is 2.27. The predicted octanol–water partition coefficient (Wildman–Crippen LogP) is 4.77. The molecule has 19 heavy (non-hydrogen) atoms. The Morgan fingerprint density at radius 2 is 1.53 bits per heavy atom. The lowest BCUT2D eigenvalue weighted by molar-refractivity contribution is -0.229. The van der Waals surface area contributed by atoms with Gasteiger partial charge < -0.3 is 9.47 Å². The molecule has 0 spiro atoms. The molecule has 0 atom stereocenters. The monoisotopic (exact) mass is 268 g/mol. The van der Waals surface area contributed by atoms with Crippen LogP contribution in [0.15, 0.2) is 0 Å². The van der Waals surface area contributed by atoms with E-state index >= 15 is 0 Å². The maximum Gasteiger partial charge on any atom is 0.160 e. The molecular weight excluding hydrogens is 236 g/mol. The zero-order chi connectivity index (χ0) is 13.5. The maximum absolute atomic E-state index is 5.93. The smallest absolute Gasteiger partial charge is 0.160 e. The molecule has 0 radical (unpaired) electrons. The van der Waals surface area contributed by atoms with Crippen LogP contribution in [0.3, 0.4) is 0 Å². The summed E-state index contributed by atoms with van der Waals surface area (Å²) < 4.78 is 11.9. The molecule has 2 fully saturated rings. The van der Waals surface area contributed by atoms with Gasteiger partial charge in [0.1, 0.15) is 0 Å². The van der Waals surface area contributed by atoms with Gasteiger partial charge in [-0.3, -0.25) is 0 Å². The van der Waals surface area contributed by atoms with Gasteiger partial charge in [0.15, 0.2) is 6.29 Å². The molecule has 1 saturated carbocycles. The molecule has 1 heterocycles. The van der Waals surface area contributed by atoms with Gasteiger partial charge in [-0.1, -0.05) is 39.5 Å². The van der Waals surface area contributed by atoms with Crippen molar-refractivity contribution in [1.29, 1.82) is 0 Å². The second-order valence-corrected chi connectivity index (χ2v) is 6.59. The Balaban J connectivity index is 1.63. The summed E-state index contributed by atoms with van der Waals surface area (Å²) in [6, 6.07) is 0. The van der Waals surface area contributed by atoms with Crippen LogP contribution in [0, 0.1) is 17.8 Å². The van der Waals surface area contributed by atoms with E-state index in [0.717, 1.165) is 19.1 Å². The van der Waals surface area contributed by atoms with Crippen LogP contribution in [0.5, 0.6) is 0 Å². The summed E-state index contributed by atoms with van der Waals surface area (Å²) in [7, 11) is 0. The Bertz CT molecular complexity index is 225. The fourth-order valence-corrected chi connectivity index (χ4v) is 3.50. The largest absolute Gasteiger partial charge is 0.352 e. The lowest BCUT2D eigenvalue weighted by Gasteiger charge is -2.37. The summed E-state index contributed by atoms with van der Waals surface area (Å²) in [6.07, 6.45) is 12.4. The normalized spacial score (nSPS) is 36.3. The fourth-order valence-electron chi connectivity index (χ4n) is 3.50. The van der Waals surface area contributed by atoms with Crippen LogP contribution in [0.1, 0.15) is 71.6 Å². The van der Waals surface area contributed by atoms with E-state index in [0.29, 0.717) is 11.8 Å². The van der Waals surface area contributed by atoms with E-state index in [1.165, 1.54) is 57.8 Å². The first-order chi connectivity index (χ1) is 9.33. The summed E-state index contributed by atoms with van der Waals surface area (Å²) in [4.78, 5) is 0. The molecular formula is C17H32O2. The van der Waals surface area contributed by atoms with Crippen molar-refractivity contribution in [1.82, 2.24) is 0 Å². The number of hydrogen-bond donors (Lipinski definition) is 0. The number of ether oxygens (including phenoxy) is 2. The molecule has 112 valence electrons. The third-order valence-corrected chi connectivity index (χ3v) is 5.06. The standard InChI is InChI=1S/C17H32O2/c1-3-5-6-7-15-8-10-16(11-9-15)17-18-12-14(4-2)13-19-17/h14-17H,3-13H2,1-2H3. The van der Waals surface area contributed by atoms with Gasteiger partial charge in [0.25, 0.3) is 0 Å². The van der Waals surface area contributed by atoms with Gasteiger partial charge in [-0.25, -0.2) is 0 Å². The first-order valence-corrected chi connectivity index (χ1v) is 8.56. The highest BCUT2D eigenvalue weighted by Crippen LogP contribution is 2.36. The van der Waals surface area contributed by atoms with E-state index in [-0.39, 0.29) is 6.29 Å². The Morgan fingerprint density at radius 3 is 2.11 bits per heavy atom. The number of unbranched alkanes of at least 4 members (excludes halogenated alkanes) is 2. The first kappa shape index (κ1) is 15.3. The molecule has 0 aromatic rings. The maximum atomic E-state index is 5.93. The van der Waals surface area contributed by atoms with Crippen LogP contribution in [0.25, 0.3) is 0 Å². The molecule has 0 unspecified atom stereocenters. The van der Waals surface area contributed by atoms with Crippen LogP contribution in [0.2, 0.25) is 0 Å². The molecule has 0 bridgehead atoms. The van der Waals surface area contributed by atoms with Crippen molar-refractivity contribution in [3.05, 3.63) is 0 Å². The molecule has 0 aromatic heterocycles. The quantitative estimate of drug-likeness (QED) is 0.646. The van der Waals surface area contributed by atoms with Crippen molar-refractivity contribution in [3.63, 3.8) is 0 Å². The lowest BCUT2D eigenvalue weighted by atomic mass is 9.79. The van der Waals surface area contributed by atoms with Gasteiger partial charge in [0.2, 0.25) is 0 Å². The van der Waals surface area contributed by atoms with Crippen molar-refractivity contribution in [3.8, 4) is 0 Å². The third kappa shape index (κ3) is 4.75. The van der Waals surface area contributed by atoms with E-state index in [1.54, 1.807) is 0 Å². The minimum atomic E-state index is 0.111. The van der Waals surface area contributed by atoms with Crippen LogP contribution < -0.4 is 0 Å². The molecule has 0 N–H and O–H groups in total. The van der Waals surface area contributed by atoms with Gasteiger partial charge in [-0.05, 0) is 38.0 Å². The molecule has 0 aromatic carbocycles.